The second-order valence-electron chi connectivity index (χ2n) is 7.74. The minimum Gasteiger partial charge on any atom is -0.337 e. The standard InChI is InChI=1S/C23H27N3OS/c1-16(2)25-12-7-13-26(15-14-25)23(27)21-17(3)24-22(28-21)20-11-6-9-18-8-4-5-10-19(18)20/h4-6,8-11,16H,7,12-15H2,1-3H3. The lowest BCUT2D eigenvalue weighted by Crippen LogP contribution is -2.37. The maximum atomic E-state index is 13.2. The Kier molecular flexibility index (Phi) is 5.47. The molecule has 3 aromatic rings. The fourth-order valence-electron chi connectivity index (χ4n) is 3.92. The van der Waals surface area contributed by atoms with Crippen molar-refractivity contribution in [3.8, 4) is 10.6 Å². The predicted molar refractivity (Wildman–Crippen MR) is 117 cm³/mol. The van der Waals surface area contributed by atoms with E-state index in [0.717, 1.165) is 53.7 Å². The summed E-state index contributed by atoms with van der Waals surface area (Å²) in [6, 6.07) is 15.1. The van der Waals surface area contributed by atoms with Crippen LogP contribution in [0.1, 0.15) is 35.6 Å². The molecule has 2 heterocycles. The molecule has 0 spiro atoms. The lowest BCUT2D eigenvalue weighted by Gasteiger charge is -2.24. The third-order valence-electron chi connectivity index (χ3n) is 5.56. The monoisotopic (exact) mass is 393 g/mol. The summed E-state index contributed by atoms with van der Waals surface area (Å²) in [5.74, 6) is 0.132. The quantitative estimate of drug-likeness (QED) is 0.640. The lowest BCUT2D eigenvalue weighted by molar-refractivity contribution is 0.0763. The van der Waals surface area contributed by atoms with E-state index in [1.807, 2.05) is 17.9 Å². The number of carbonyl (C=O) groups is 1. The molecule has 5 heteroatoms. The van der Waals surface area contributed by atoms with Crippen molar-refractivity contribution in [2.75, 3.05) is 26.2 Å². The van der Waals surface area contributed by atoms with E-state index in [1.54, 1.807) is 0 Å². The number of amides is 1. The Morgan fingerprint density at radius 3 is 2.64 bits per heavy atom. The van der Waals surface area contributed by atoms with Crippen LogP contribution in [-0.4, -0.2) is 52.9 Å². The zero-order valence-electron chi connectivity index (χ0n) is 16.8. The smallest absolute Gasteiger partial charge is 0.265 e. The number of hydrogen-bond acceptors (Lipinski definition) is 4. The van der Waals surface area contributed by atoms with E-state index in [9.17, 15) is 4.79 Å². The van der Waals surface area contributed by atoms with Crippen molar-refractivity contribution in [2.45, 2.75) is 33.2 Å². The van der Waals surface area contributed by atoms with Crippen LogP contribution in [0.5, 0.6) is 0 Å². The van der Waals surface area contributed by atoms with Crippen LogP contribution in [0.25, 0.3) is 21.3 Å². The van der Waals surface area contributed by atoms with E-state index in [2.05, 4.69) is 55.1 Å². The van der Waals surface area contributed by atoms with E-state index >= 15 is 0 Å². The first kappa shape index (κ1) is 19.1. The Hall–Kier alpha value is -2.24. The highest BCUT2D eigenvalue weighted by molar-refractivity contribution is 7.17. The molecule has 146 valence electrons. The number of rotatable bonds is 3. The first-order valence-electron chi connectivity index (χ1n) is 10.0. The molecule has 1 saturated heterocycles. The summed E-state index contributed by atoms with van der Waals surface area (Å²) in [7, 11) is 0. The summed E-state index contributed by atoms with van der Waals surface area (Å²) >= 11 is 1.53. The molecule has 0 N–H and O–H groups in total. The van der Waals surface area contributed by atoms with Crippen molar-refractivity contribution in [1.82, 2.24) is 14.8 Å². The van der Waals surface area contributed by atoms with Gasteiger partial charge in [-0.25, -0.2) is 4.98 Å². The number of aryl methyl sites for hydroxylation is 1. The summed E-state index contributed by atoms with van der Waals surface area (Å²) in [5, 5.41) is 3.30. The third kappa shape index (κ3) is 3.69. The van der Waals surface area contributed by atoms with Crippen LogP contribution in [0.4, 0.5) is 0 Å². The summed E-state index contributed by atoms with van der Waals surface area (Å²) < 4.78 is 0. The van der Waals surface area contributed by atoms with Crippen molar-refractivity contribution in [3.63, 3.8) is 0 Å². The molecule has 4 nitrogen and oxygen atoms in total. The molecule has 1 amide bonds. The second kappa shape index (κ2) is 8.02. The molecule has 1 fully saturated rings. The molecule has 1 aromatic heterocycles. The Bertz CT molecular complexity index is 989. The Morgan fingerprint density at radius 2 is 1.82 bits per heavy atom. The van der Waals surface area contributed by atoms with E-state index < -0.39 is 0 Å². The van der Waals surface area contributed by atoms with Crippen molar-refractivity contribution >= 4 is 28.0 Å². The molecular formula is C23H27N3OS. The molecule has 1 aliphatic rings. The molecule has 4 rings (SSSR count). The van der Waals surface area contributed by atoms with Crippen LogP contribution < -0.4 is 0 Å². The molecule has 0 unspecified atom stereocenters. The zero-order chi connectivity index (χ0) is 19.7. The third-order valence-corrected chi connectivity index (χ3v) is 6.74. The van der Waals surface area contributed by atoms with Gasteiger partial charge in [-0.2, -0.15) is 0 Å². The van der Waals surface area contributed by atoms with Crippen LogP contribution in [0.3, 0.4) is 0 Å². The molecule has 2 aromatic carbocycles. The first-order chi connectivity index (χ1) is 13.5. The minimum atomic E-state index is 0.132. The van der Waals surface area contributed by atoms with Crippen LogP contribution >= 0.6 is 11.3 Å². The summed E-state index contributed by atoms with van der Waals surface area (Å²) in [4.78, 5) is 23.3. The van der Waals surface area contributed by atoms with Crippen LogP contribution in [0.15, 0.2) is 42.5 Å². The zero-order valence-corrected chi connectivity index (χ0v) is 17.6. The maximum Gasteiger partial charge on any atom is 0.265 e. The lowest BCUT2D eigenvalue weighted by atomic mass is 10.1. The fourth-order valence-corrected chi connectivity index (χ4v) is 5.00. The van der Waals surface area contributed by atoms with E-state index in [1.165, 1.54) is 22.1 Å². The van der Waals surface area contributed by atoms with Gasteiger partial charge in [0.15, 0.2) is 0 Å². The van der Waals surface area contributed by atoms with Crippen molar-refractivity contribution in [2.24, 2.45) is 0 Å². The maximum absolute atomic E-state index is 13.2. The number of benzene rings is 2. The normalized spacial score (nSPS) is 15.9. The molecule has 1 aliphatic heterocycles. The molecule has 0 bridgehead atoms. The van der Waals surface area contributed by atoms with Gasteiger partial charge in [-0.05, 0) is 38.0 Å². The topological polar surface area (TPSA) is 36.4 Å². The number of thiazole rings is 1. The van der Waals surface area contributed by atoms with E-state index in [4.69, 9.17) is 4.98 Å². The average Bonchev–Trinajstić information content (AvgIpc) is 2.92. The van der Waals surface area contributed by atoms with Crippen molar-refractivity contribution in [1.29, 1.82) is 0 Å². The van der Waals surface area contributed by atoms with Gasteiger partial charge in [-0.15, -0.1) is 11.3 Å². The first-order valence-corrected chi connectivity index (χ1v) is 10.8. The summed E-state index contributed by atoms with van der Waals surface area (Å²) in [5.41, 5.74) is 1.94. The largest absolute Gasteiger partial charge is 0.337 e. The summed E-state index contributed by atoms with van der Waals surface area (Å²) in [6.07, 6.45) is 1.03. The minimum absolute atomic E-state index is 0.132. The van der Waals surface area contributed by atoms with Gasteiger partial charge in [-0.1, -0.05) is 42.5 Å². The molecule has 0 saturated carbocycles. The molecule has 0 atom stereocenters. The van der Waals surface area contributed by atoms with Gasteiger partial charge in [0.05, 0.1) is 5.69 Å². The van der Waals surface area contributed by atoms with Crippen molar-refractivity contribution in [3.05, 3.63) is 53.0 Å². The fraction of sp³-hybridized carbons (Fsp3) is 0.391. The van der Waals surface area contributed by atoms with Crippen LogP contribution in [-0.2, 0) is 0 Å². The Morgan fingerprint density at radius 1 is 1.04 bits per heavy atom. The number of nitrogens with zero attached hydrogens (tertiary/aromatic N) is 3. The molecule has 0 aliphatic carbocycles. The average molecular weight is 394 g/mol. The van der Waals surface area contributed by atoms with Gasteiger partial charge < -0.3 is 4.90 Å². The van der Waals surface area contributed by atoms with E-state index in [0.29, 0.717) is 6.04 Å². The predicted octanol–water partition coefficient (Wildman–Crippen LogP) is 4.83. The highest BCUT2D eigenvalue weighted by Crippen LogP contribution is 2.33. The van der Waals surface area contributed by atoms with Crippen molar-refractivity contribution < 1.29 is 4.79 Å². The number of hydrogen-bond donors (Lipinski definition) is 0. The molecular weight excluding hydrogens is 366 g/mol. The van der Waals surface area contributed by atoms with Crippen LogP contribution in [0.2, 0.25) is 0 Å². The molecule has 28 heavy (non-hydrogen) atoms. The van der Waals surface area contributed by atoms with Gasteiger partial charge >= 0.3 is 0 Å². The van der Waals surface area contributed by atoms with E-state index in [-0.39, 0.29) is 5.91 Å². The number of fused-ring (bicyclic) bond motifs is 1. The van der Waals surface area contributed by atoms with Gasteiger partial charge in [0.1, 0.15) is 9.88 Å². The van der Waals surface area contributed by atoms with Gasteiger partial charge in [0, 0.05) is 37.8 Å². The highest BCUT2D eigenvalue weighted by Gasteiger charge is 2.25. The second-order valence-corrected chi connectivity index (χ2v) is 8.73. The summed E-state index contributed by atoms with van der Waals surface area (Å²) in [6.45, 7) is 10.0. The molecule has 0 radical (unpaired) electrons. The SMILES string of the molecule is Cc1nc(-c2cccc3ccccc23)sc1C(=O)N1CCCN(C(C)C)CC1. The Labute approximate surface area is 170 Å². The number of aromatic nitrogens is 1. The number of carbonyl (C=O) groups excluding carboxylic acids is 1. The van der Waals surface area contributed by atoms with Gasteiger partial charge in [0.2, 0.25) is 0 Å². The Balaban J connectivity index is 1.62. The highest BCUT2D eigenvalue weighted by atomic mass is 32.1. The van der Waals surface area contributed by atoms with Gasteiger partial charge in [-0.3, -0.25) is 9.69 Å². The van der Waals surface area contributed by atoms with Gasteiger partial charge in [0.25, 0.3) is 5.91 Å². The van der Waals surface area contributed by atoms with Crippen LogP contribution in [0, 0.1) is 6.92 Å².